The van der Waals surface area contributed by atoms with Gasteiger partial charge in [0.1, 0.15) is 0 Å². The van der Waals surface area contributed by atoms with E-state index in [0.717, 1.165) is 49.2 Å². The van der Waals surface area contributed by atoms with Crippen LogP contribution in [-0.4, -0.2) is 15.8 Å². The van der Waals surface area contributed by atoms with E-state index in [1.165, 1.54) is 31.4 Å². The molecule has 1 N–H and O–H groups in total. The second-order valence-electron chi connectivity index (χ2n) is 7.38. The minimum Gasteiger partial charge on any atom is -0.308 e. The largest absolute Gasteiger partial charge is 0.308 e. The van der Waals surface area contributed by atoms with Gasteiger partial charge >= 0.3 is 0 Å². The van der Waals surface area contributed by atoms with Crippen LogP contribution in [0, 0.1) is 23.7 Å². The van der Waals surface area contributed by atoms with Gasteiger partial charge in [-0.2, -0.15) is 5.10 Å². The highest BCUT2D eigenvalue weighted by Gasteiger charge is 2.47. The van der Waals surface area contributed by atoms with Crippen LogP contribution in [0.2, 0.25) is 0 Å². The van der Waals surface area contributed by atoms with Gasteiger partial charge in [-0.25, -0.2) is 0 Å². The Morgan fingerprint density at radius 2 is 1.85 bits per heavy atom. The zero-order chi connectivity index (χ0) is 13.5. The molecule has 0 saturated heterocycles. The number of aryl methyl sites for hydroxylation is 1. The van der Waals surface area contributed by atoms with Crippen LogP contribution in [0.5, 0.6) is 0 Å². The fourth-order valence-electron chi connectivity index (χ4n) is 5.40. The third-order valence-electron chi connectivity index (χ3n) is 5.99. The van der Waals surface area contributed by atoms with Crippen LogP contribution < -0.4 is 5.32 Å². The number of nitrogens with one attached hydrogen (secondary N) is 1. The van der Waals surface area contributed by atoms with E-state index >= 15 is 0 Å². The molecule has 1 aromatic rings. The molecule has 4 aliphatic carbocycles. The summed E-state index contributed by atoms with van der Waals surface area (Å²) in [6, 6.07) is 2.96. The molecule has 0 amide bonds. The van der Waals surface area contributed by atoms with Crippen LogP contribution in [0.3, 0.4) is 0 Å². The Morgan fingerprint density at radius 1 is 1.15 bits per heavy atom. The molecule has 5 rings (SSSR count). The van der Waals surface area contributed by atoms with Crippen LogP contribution in [0.1, 0.15) is 51.1 Å². The SMILES string of the molecule is CCCn1nccc1CNC1C2CC3CC(C2)CC1C3. The van der Waals surface area contributed by atoms with Crippen LogP contribution in [0.25, 0.3) is 0 Å². The average Bonchev–Trinajstić information content (AvgIpc) is 2.85. The average molecular weight is 273 g/mol. The zero-order valence-corrected chi connectivity index (χ0v) is 12.6. The Hall–Kier alpha value is -0.830. The lowest BCUT2D eigenvalue weighted by atomic mass is 9.54. The Balaban J connectivity index is 1.41. The van der Waals surface area contributed by atoms with Crippen molar-refractivity contribution >= 4 is 0 Å². The normalized spacial score (nSPS) is 38.5. The number of nitrogens with zero attached hydrogens (tertiary/aromatic N) is 2. The molecule has 0 radical (unpaired) electrons. The molecular weight excluding hydrogens is 246 g/mol. The van der Waals surface area contributed by atoms with Gasteiger partial charge < -0.3 is 5.32 Å². The first kappa shape index (κ1) is 12.9. The smallest absolute Gasteiger partial charge is 0.0522 e. The molecule has 4 bridgehead atoms. The highest BCUT2D eigenvalue weighted by Crippen LogP contribution is 2.53. The Bertz CT molecular complexity index is 437. The van der Waals surface area contributed by atoms with E-state index in [9.17, 15) is 0 Å². The maximum Gasteiger partial charge on any atom is 0.0522 e. The van der Waals surface area contributed by atoms with Crippen molar-refractivity contribution in [2.24, 2.45) is 23.7 Å². The van der Waals surface area contributed by atoms with Crippen molar-refractivity contribution in [3.8, 4) is 0 Å². The molecule has 4 aliphatic rings. The van der Waals surface area contributed by atoms with Gasteiger partial charge in [0.05, 0.1) is 5.69 Å². The first-order chi connectivity index (χ1) is 9.83. The molecule has 3 nitrogen and oxygen atoms in total. The molecule has 4 saturated carbocycles. The first-order valence-corrected chi connectivity index (χ1v) is 8.57. The second-order valence-corrected chi connectivity index (χ2v) is 7.38. The maximum absolute atomic E-state index is 4.44. The quantitative estimate of drug-likeness (QED) is 0.893. The topological polar surface area (TPSA) is 29.9 Å². The van der Waals surface area contributed by atoms with E-state index in [2.05, 4.69) is 28.1 Å². The van der Waals surface area contributed by atoms with Gasteiger partial charge in [0.2, 0.25) is 0 Å². The lowest BCUT2D eigenvalue weighted by molar-refractivity contribution is -0.0144. The lowest BCUT2D eigenvalue weighted by Gasteiger charge is -2.54. The van der Waals surface area contributed by atoms with E-state index in [1.807, 2.05) is 6.20 Å². The van der Waals surface area contributed by atoms with E-state index in [-0.39, 0.29) is 0 Å². The summed E-state index contributed by atoms with van der Waals surface area (Å²) in [5.41, 5.74) is 1.36. The molecule has 1 heterocycles. The summed E-state index contributed by atoms with van der Waals surface area (Å²) in [6.45, 7) is 4.27. The fraction of sp³-hybridized carbons (Fsp3) is 0.824. The van der Waals surface area contributed by atoms with E-state index < -0.39 is 0 Å². The van der Waals surface area contributed by atoms with E-state index in [0.29, 0.717) is 0 Å². The monoisotopic (exact) mass is 273 g/mol. The molecule has 0 atom stereocenters. The van der Waals surface area contributed by atoms with Gasteiger partial charge in [0, 0.05) is 25.3 Å². The van der Waals surface area contributed by atoms with Crippen molar-refractivity contribution in [1.29, 1.82) is 0 Å². The van der Waals surface area contributed by atoms with Gasteiger partial charge in [0.25, 0.3) is 0 Å². The fourth-order valence-corrected chi connectivity index (χ4v) is 5.40. The van der Waals surface area contributed by atoms with Crippen molar-refractivity contribution in [3.63, 3.8) is 0 Å². The number of hydrogen-bond acceptors (Lipinski definition) is 2. The molecule has 110 valence electrons. The molecule has 0 aromatic carbocycles. The van der Waals surface area contributed by atoms with Crippen molar-refractivity contribution in [2.45, 2.75) is 64.6 Å². The molecule has 0 spiro atoms. The molecule has 1 aromatic heterocycles. The van der Waals surface area contributed by atoms with Crippen LogP contribution in [0.4, 0.5) is 0 Å². The third-order valence-corrected chi connectivity index (χ3v) is 5.99. The molecule has 4 fully saturated rings. The first-order valence-electron chi connectivity index (χ1n) is 8.57. The van der Waals surface area contributed by atoms with Gasteiger partial charge in [0.15, 0.2) is 0 Å². The van der Waals surface area contributed by atoms with Crippen molar-refractivity contribution in [2.75, 3.05) is 0 Å². The molecule has 0 aliphatic heterocycles. The van der Waals surface area contributed by atoms with Crippen molar-refractivity contribution in [3.05, 3.63) is 18.0 Å². The second kappa shape index (κ2) is 5.18. The molecule has 0 unspecified atom stereocenters. The van der Waals surface area contributed by atoms with Crippen molar-refractivity contribution in [1.82, 2.24) is 15.1 Å². The van der Waals surface area contributed by atoms with Crippen molar-refractivity contribution < 1.29 is 0 Å². The van der Waals surface area contributed by atoms with Gasteiger partial charge in [-0.15, -0.1) is 0 Å². The van der Waals surface area contributed by atoms with Gasteiger partial charge in [-0.1, -0.05) is 6.92 Å². The Kier molecular flexibility index (Phi) is 3.33. The van der Waals surface area contributed by atoms with Gasteiger partial charge in [-0.05, 0) is 68.3 Å². The highest BCUT2D eigenvalue weighted by molar-refractivity contribution is 5.04. The molecule has 20 heavy (non-hydrogen) atoms. The minimum absolute atomic E-state index is 0.785. The van der Waals surface area contributed by atoms with Gasteiger partial charge in [-0.3, -0.25) is 4.68 Å². The lowest BCUT2D eigenvalue weighted by Crippen LogP contribution is -2.54. The van der Waals surface area contributed by atoms with E-state index in [4.69, 9.17) is 0 Å². The molecule has 3 heteroatoms. The summed E-state index contributed by atoms with van der Waals surface area (Å²) in [5, 5.41) is 8.34. The van der Waals surface area contributed by atoms with Crippen LogP contribution in [0.15, 0.2) is 12.3 Å². The summed E-state index contributed by atoms with van der Waals surface area (Å²) in [5.74, 6) is 4.07. The summed E-state index contributed by atoms with van der Waals surface area (Å²) < 4.78 is 2.17. The summed E-state index contributed by atoms with van der Waals surface area (Å²) in [4.78, 5) is 0. The number of rotatable bonds is 5. The maximum atomic E-state index is 4.44. The summed E-state index contributed by atoms with van der Waals surface area (Å²) >= 11 is 0. The van der Waals surface area contributed by atoms with Crippen LogP contribution >= 0.6 is 0 Å². The highest BCUT2D eigenvalue weighted by atomic mass is 15.3. The zero-order valence-electron chi connectivity index (χ0n) is 12.6. The predicted octanol–water partition coefficient (Wildman–Crippen LogP) is 3.21. The third kappa shape index (κ3) is 2.20. The van der Waals surface area contributed by atoms with Crippen LogP contribution in [-0.2, 0) is 13.1 Å². The molecular formula is C17H27N3. The summed E-state index contributed by atoms with van der Waals surface area (Å²) in [6.07, 6.45) is 10.6. The predicted molar refractivity (Wildman–Crippen MR) is 80.2 cm³/mol. The number of hydrogen-bond donors (Lipinski definition) is 1. The Morgan fingerprint density at radius 3 is 2.50 bits per heavy atom. The minimum atomic E-state index is 0.785. The Labute approximate surface area is 122 Å². The van der Waals surface area contributed by atoms with E-state index in [1.54, 1.807) is 6.42 Å². The standard InChI is InChI=1S/C17H27N3/c1-2-5-20-16(3-4-19-20)11-18-17-14-7-12-6-13(9-14)10-15(17)8-12/h3-4,12-15,17-18H,2,5-11H2,1H3. The number of aromatic nitrogens is 2. The summed E-state index contributed by atoms with van der Waals surface area (Å²) in [7, 11) is 0.